The lowest BCUT2D eigenvalue weighted by molar-refractivity contribution is 0.335. The van der Waals surface area contributed by atoms with Gasteiger partial charge >= 0.3 is 0 Å². The normalized spacial score (nSPS) is 13.9. The van der Waals surface area contributed by atoms with Crippen LogP contribution in [0.25, 0.3) is 10.1 Å². The number of hydrogen-bond acceptors (Lipinski definition) is 2. The highest BCUT2D eigenvalue weighted by Crippen LogP contribution is 2.34. The van der Waals surface area contributed by atoms with Gasteiger partial charge in [0.1, 0.15) is 0 Å². The van der Waals surface area contributed by atoms with Crippen LogP contribution in [0, 0.1) is 5.41 Å². The molecule has 0 saturated carbocycles. The summed E-state index contributed by atoms with van der Waals surface area (Å²) in [5.41, 5.74) is 0.407. The fourth-order valence-electron chi connectivity index (χ4n) is 2.34. The Morgan fingerprint density at radius 2 is 1.95 bits per heavy atom. The Kier molecular flexibility index (Phi) is 4.64. The van der Waals surface area contributed by atoms with Crippen molar-refractivity contribution in [3.05, 3.63) is 35.2 Å². The Morgan fingerprint density at radius 1 is 1.21 bits per heavy atom. The highest BCUT2D eigenvalue weighted by atomic mass is 32.1. The minimum absolute atomic E-state index is 0.407. The fraction of sp³-hybridized carbons (Fsp3) is 0.529. The summed E-state index contributed by atoms with van der Waals surface area (Å²) in [6, 6.07) is 11.5. The topological polar surface area (TPSA) is 12.0 Å². The average molecular weight is 275 g/mol. The first-order valence-corrected chi connectivity index (χ1v) is 8.03. The summed E-state index contributed by atoms with van der Waals surface area (Å²) in [4.78, 5) is 1.48. The third-order valence-electron chi connectivity index (χ3n) is 3.42. The fourth-order valence-corrected chi connectivity index (χ4v) is 3.52. The molecule has 19 heavy (non-hydrogen) atoms. The number of nitrogens with one attached hydrogen (secondary N) is 1. The maximum absolute atomic E-state index is 3.64. The summed E-state index contributed by atoms with van der Waals surface area (Å²) >= 11 is 1.93. The molecule has 0 amide bonds. The Labute approximate surface area is 121 Å². The number of rotatable bonds is 5. The Morgan fingerprint density at radius 3 is 2.58 bits per heavy atom. The molecule has 0 aliphatic rings. The van der Waals surface area contributed by atoms with E-state index in [0.717, 1.165) is 6.54 Å². The first-order chi connectivity index (χ1) is 8.99. The highest BCUT2D eigenvalue weighted by molar-refractivity contribution is 7.19. The third kappa shape index (κ3) is 4.05. The van der Waals surface area contributed by atoms with Crippen LogP contribution in [0.2, 0.25) is 0 Å². The molecule has 1 atom stereocenters. The molecule has 0 saturated heterocycles. The van der Waals surface area contributed by atoms with Crippen LogP contribution < -0.4 is 5.32 Å². The molecule has 1 heterocycles. The number of fused-ring (bicyclic) bond motifs is 1. The molecule has 1 nitrogen and oxygen atoms in total. The van der Waals surface area contributed by atoms with Crippen molar-refractivity contribution in [3.63, 3.8) is 0 Å². The lowest BCUT2D eigenvalue weighted by Crippen LogP contribution is -2.21. The second kappa shape index (κ2) is 6.06. The van der Waals surface area contributed by atoms with Gasteiger partial charge in [-0.15, -0.1) is 11.3 Å². The van der Waals surface area contributed by atoms with Gasteiger partial charge in [-0.25, -0.2) is 0 Å². The van der Waals surface area contributed by atoms with E-state index in [0.29, 0.717) is 11.5 Å². The average Bonchev–Trinajstić information content (AvgIpc) is 2.76. The quantitative estimate of drug-likeness (QED) is 0.772. The van der Waals surface area contributed by atoms with Crippen molar-refractivity contribution in [1.29, 1.82) is 0 Å². The summed E-state index contributed by atoms with van der Waals surface area (Å²) in [5, 5.41) is 5.02. The summed E-state index contributed by atoms with van der Waals surface area (Å²) in [7, 11) is 0. The SMILES string of the molecule is CCNC(CCC(C)(C)C)c1cc2ccccc2s1. The minimum atomic E-state index is 0.407. The molecular formula is C17H25NS. The van der Waals surface area contributed by atoms with Gasteiger partial charge in [0.2, 0.25) is 0 Å². The molecule has 1 N–H and O–H groups in total. The van der Waals surface area contributed by atoms with Crippen molar-refractivity contribution < 1.29 is 0 Å². The van der Waals surface area contributed by atoms with E-state index in [1.54, 1.807) is 0 Å². The van der Waals surface area contributed by atoms with Crippen molar-refractivity contribution >= 4 is 21.4 Å². The van der Waals surface area contributed by atoms with Gasteiger partial charge in [0.05, 0.1) is 0 Å². The van der Waals surface area contributed by atoms with Gasteiger partial charge in [-0.1, -0.05) is 45.9 Å². The van der Waals surface area contributed by atoms with E-state index in [1.165, 1.54) is 27.8 Å². The van der Waals surface area contributed by atoms with Gasteiger partial charge in [-0.05, 0) is 42.3 Å². The van der Waals surface area contributed by atoms with E-state index in [2.05, 4.69) is 63.3 Å². The molecule has 0 aliphatic heterocycles. The van der Waals surface area contributed by atoms with Crippen molar-refractivity contribution in [2.75, 3.05) is 6.54 Å². The van der Waals surface area contributed by atoms with E-state index in [4.69, 9.17) is 0 Å². The predicted octanol–water partition coefficient (Wildman–Crippen LogP) is 5.38. The molecule has 104 valence electrons. The smallest absolute Gasteiger partial charge is 0.0415 e. The molecule has 2 rings (SSSR count). The van der Waals surface area contributed by atoms with Gasteiger partial charge < -0.3 is 5.32 Å². The summed E-state index contributed by atoms with van der Waals surface area (Å²) in [6.45, 7) is 10.2. The molecule has 1 aromatic carbocycles. The zero-order chi connectivity index (χ0) is 13.9. The van der Waals surface area contributed by atoms with E-state index in [9.17, 15) is 0 Å². The molecule has 0 spiro atoms. The molecule has 0 radical (unpaired) electrons. The predicted molar refractivity (Wildman–Crippen MR) is 86.9 cm³/mol. The van der Waals surface area contributed by atoms with Gasteiger partial charge in [0.25, 0.3) is 0 Å². The summed E-state index contributed by atoms with van der Waals surface area (Å²) in [5.74, 6) is 0. The van der Waals surface area contributed by atoms with Crippen molar-refractivity contribution in [1.82, 2.24) is 5.32 Å². The first kappa shape index (κ1) is 14.5. The van der Waals surface area contributed by atoms with Crippen LogP contribution in [-0.2, 0) is 0 Å². The van der Waals surface area contributed by atoms with E-state index in [1.807, 2.05) is 11.3 Å². The molecular weight excluding hydrogens is 250 g/mol. The monoisotopic (exact) mass is 275 g/mol. The van der Waals surface area contributed by atoms with Crippen LogP contribution in [0.1, 0.15) is 51.5 Å². The molecule has 2 aromatic rings. The van der Waals surface area contributed by atoms with Crippen LogP contribution in [0.4, 0.5) is 0 Å². The molecule has 0 fully saturated rings. The van der Waals surface area contributed by atoms with Gasteiger partial charge in [-0.3, -0.25) is 0 Å². The zero-order valence-electron chi connectivity index (χ0n) is 12.5. The zero-order valence-corrected chi connectivity index (χ0v) is 13.3. The Balaban J connectivity index is 2.17. The van der Waals surface area contributed by atoms with Gasteiger partial charge in [0.15, 0.2) is 0 Å². The van der Waals surface area contributed by atoms with Crippen LogP contribution in [0.3, 0.4) is 0 Å². The molecule has 1 unspecified atom stereocenters. The lowest BCUT2D eigenvalue weighted by atomic mass is 9.88. The van der Waals surface area contributed by atoms with Gasteiger partial charge in [-0.2, -0.15) is 0 Å². The van der Waals surface area contributed by atoms with Crippen molar-refractivity contribution in [3.8, 4) is 0 Å². The lowest BCUT2D eigenvalue weighted by Gasteiger charge is -2.23. The first-order valence-electron chi connectivity index (χ1n) is 7.21. The second-order valence-electron chi connectivity index (χ2n) is 6.40. The standard InChI is InChI=1S/C17H25NS/c1-5-18-14(10-11-17(2,3)4)16-12-13-8-6-7-9-15(13)19-16/h6-9,12,14,18H,5,10-11H2,1-4H3. The molecule has 0 aliphatic carbocycles. The van der Waals surface area contributed by atoms with Gasteiger partial charge in [0, 0.05) is 15.6 Å². The summed E-state index contributed by atoms with van der Waals surface area (Å²) in [6.07, 6.45) is 2.46. The highest BCUT2D eigenvalue weighted by Gasteiger charge is 2.17. The largest absolute Gasteiger partial charge is 0.310 e. The number of thiophene rings is 1. The minimum Gasteiger partial charge on any atom is -0.310 e. The maximum atomic E-state index is 3.64. The van der Waals surface area contributed by atoms with E-state index >= 15 is 0 Å². The molecule has 1 aromatic heterocycles. The Bertz CT molecular complexity index is 488. The molecule has 0 bridgehead atoms. The van der Waals surface area contributed by atoms with Crippen molar-refractivity contribution in [2.45, 2.75) is 46.6 Å². The van der Waals surface area contributed by atoms with Crippen LogP contribution >= 0.6 is 11.3 Å². The number of hydrogen-bond donors (Lipinski definition) is 1. The van der Waals surface area contributed by atoms with Crippen LogP contribution in [0.5, 0.6) is 0 Å². The Hall–Kier alpha value is -0.860. The summed E-state index contributed by atoms with van der Waals surface area (Å²) < 4.78 is 1.40. The maximum Gasteiger partial charge on any atom is 0.0415 e. The second-order valence-corrected chi connectivity index (χ2v) is 7.51. The van der Waals surface area contributed by atoms with E-state index in [-0.39, 0.29) is 0 Å². The molecule has 2 heteroatoms. The number of benzene rings is 1. The van der Waals surface area contributed by atoms with Crippen LogP contribution in [-0.4, -0.2) is 6.54 Å². The van der Waals surface area contributed by atoms with E-state index < -0.39 is 0 Å². The van der Waals surface area contributed by atoms with Crippen molar-refractivity contribution in [2.24, 2.45) is 5.41 Å². The van der Waals surface area contributed by atoms with Crippen LogP contribution in [0.15, 0.2) is 30.3 Å². The third-order valence-corrected chi connectivity index (χ3v) is 4.65.